The maximum absolute atomic E-state index is 13.0. The van der Waals surface area contributed by atoms with Crippen LogP contribution in [0.15, 0.2) is 42.6 Å². The van der Waals surface area contributed by atoms with Gasteiger partial charge in [0, 0.05) is 36.5 Å². The SMILES string of the molecule is O=C(NCc1ccccn1)C1CN(C(=O)Nc2ccc3c(c2)OCCO3)CC12CCC2. The summed E-state index contributed by atoms with van der Waals surface area (Å²) in [5.74, 6) is 1.12. The fourth-order valence-electron chi connectivity index (χ4n) is 4.75. The number of anilines is 1. The molecular weight excluding hydrogens is 396 g/mol. The van der Waals surface area contributed by atoms with Crippen LogP contribution >= 0.6 is 0 Å². The van der Waals surface area contributed by atoms with Crippen LogP contribution in [0.3, 0.4) is 0 Å². The van der Waals surface area contributed by atoms with Gasteiger partial charge in [-0.1, -0.05) is 12.5 Å². The third-order valence-corrected chi connectivity index (χ3v) is 6.56. The fourth-order valence-corrected chi connectivity index (χ4v) is 4.75. The van der Waals surface area contributed by atoms with E-state index < -0.39 is 0 Å². The Morgan fingerprint density at radius 3 is 2.71 bits per heavy atom. The van der Waals surface area contributed by atoms with Crippen molar-refractivity contribution in [2.45, 2.75) is 25.8 Å². The Hall–Kier alpha value is -3.29. The van der Waals surface area contributed by atoms with E-state index in [4.69, 9.17) is 9.47 Å². The third-order valence-electron chi connectivity index (χ3n) is 6.56. The van der Waals surface area contributed by atoms with Crippen molar-refractivity contribution in [1.82, 2.24) is 15.2 Å². The number of nitrogens with zero attached hydrogens (tertiary/aromatic N) is 2. The second-order valence-corrected chi connectivity index (χ2v) is 8.48. The molecule has 3 aliphatic rings. The molecule has 31 heavy (non-hydrogen) atoms. The van der Waals surface area contributed by atoms with Gasteiger partial charge in [0.15, 0.2) is 11.5 Å². The van der Waals surface area contributed by atoms with Gasteiger partial charge in [0.2, 0.25) is 5.91 Å². The van der Waals surface area contributed by atoms with Crippen molar-refractivity contribution in [2.75, 3.05) is 31.6 Å². The lowest BCUT2D eigenvalue weighted by Gasteiger charge is -2.41. The van der Waals surface area contributed by atoms with Gasteiger partial charge in [-0.05, 0) is 37.1 Å². The monoisotopic (exact) mass is 422 g/mol. The highest BCUT2D eigenvalue weighted by Crippen LogP contribution is 2.51. The van der Waals surface area contributed by atoms with Crippen LogP contribution in [-0.4, -0.2) is 48.1 Å². The maximum atomic E-state index is 13.0. The maximum Gasteiger partial charge on any atom is 0.321 e. The van der Waals surface area contributed by atoms with Crippen LogP contribution in [0.4, 0.5) is 10.5 Å². The van der Waals surface area contributed by atoms with Crippen molar-refractivity contribution < 1.29 is 19.1 Å². The molecule has 0 bridgehead atoms. The Labute approximate surface area is 180 Å². The summed E-state index contributed by atoms with van der Waals surface area (Å²) in [7, 11) is 0. The Kier molecular flexibility index (Phi) is 5.13. The number of hydrogen-bond donors (Lipinski definition) is 2. The van der Waals surface area contributed by atoms with Crippen LogP contribution in [0.1, 0.15) is 25.0 Å². The zero-order valence-electron chi connectivity index (χ0n) is 17.3. The van der Waals surface area contributed by atoms with E-state index in [1.54, 1.807) is 29.3 Å². The van der Waals surface area contributed by atoms with E-state index in [0.29, 0.717) is 50.0 Å². The average Bonchev–Trinajstić information content (AvgIpc) is 3.20. The normalized spacial score (nSPS) is 20.8. The lowest BCUT2D eigenvalue weighted by Crippen LogP contribution is -2.45. The molecule has 1 spiro atoms. The van der Waals surface area contributed by atoms with Crippen LogP contribution in [0.25, 0.3) is 0 Å². The standard InChI is InChI=1S/C23H26N4O4/c28-21(25-13-17-4-1-2-9-24-17)18-14-27(15-23(18)7-3-8-23)22(29)26-16-5-6-19-20(12-16)31-11-10-30-19/h1-2,4-6,9,12,18H,3,7-8,10-11,13-15H2,(H,25,28)(H,26,29). The van der Waals surface area contributed by atoms with E-state index in [1.165, 1.54) is 0 Å². The first kappa shape index (κ1) is 19.7. The molecule has 8 heteroatoms. The predicted octanol–water partition coefficient (Wildman–Crippen LogP) is 2.80. The van der Waals surface area contributed by atoms with Crippen LogP contribution in [-0.2, 0) is 11.3 Å². The van der Waals surface area contributed by atoms with E-state index >= 15 is 0 Å². The quantitative estimate of drug-likeness (QED) is 0.790. The lowest BCUT2D eigenvalue weighted by atomic mass is 9.62. The fraction of sp³-hybridized carbons (Fsp3) is 0.435. The van der Waals surface area contributed by atoms with Gasteiger partial charge < -0.3 is 25.0 Å². The minimum Gasteiger partial charge on any atom is -0.486 e. The minimum absolute atomic E-state index is 0.0000161. The Morgan fingerprint density at radius 1 is 1.13 bits per heavy atom. The third kappa shape index (κ3) is 3.89. The first-order valence-electron chi connectivity index (χ1n) is 10.8. The molecule has 1 aliphatic carbocycles. The molecule has 3 heterocycles. The molecule has 2 N–H and O–H groups in total. The van der Waals surface area contributed by atoms with E-state index in [2.05, 4.69) is 15.6 Å². The van der Waals surface area contributed by atoms with Crippen molar-refractivity contribution in [1.29, 1.82) is 0 Å². The number of fused-ring (bicyclic) bond motifs is 1. The van der Waals surface area contributed by atoms with Crippen LogP contribution in [0, 0.1) is 11.3 Å². The van der Waals surface area contributed by atoms with Gasteiger partial charge in [0.1, 0.15) is 13.2 Å². The molecule has 2 aromatic rings. The number of pyridine rings is 1. The number of rotatable bonds is 4. The second-order valence-electron chi connectivity index (χ2n) is 8.48. The number of urea groups is 1. The highest BCUT2D eigenvalue weighted by molar-refractivity contribution is 5.91. The summed E-state index contributed by atoms with van der Waals surface area (Å²) >= 11 is 0. The summed E-state index contributed by atoms with van der Waals surface area (Å²) in [5.41, 5.74) is 1.36. The number of nitrogens with one attached hydrogen (secondary N) is 2. The molecule has 2 fully saturated rings. The van der Waals surface area contributed by atoms with Gasteiger partial charge in [-0.2, -0.15) is 0 Å². The Bertz CT molecular complexity index is 977. The molecule has 1 aromatic heterocycles. The molecule has 1 aromatic carbocycles. The molecule has 1 saturated heterocycles. The Balaban J connectivity index is 1.23. The highest BCUT2D eigenvalue weighted by Gasteiger charge is 2.54. The van der Waals surface area contributed by atoms with E-state index in [-0.39, 0.29) is 23.3 Å². The minimum atomic E-state index is -0.198. The van der Waals surface area contributed by atoms with Gasteiger partial charge in [0.25, 0.3) is 0 Å². The van der Waals surface area contributed by atoms with Crippen molar-refractivity contribution in [3.05, 3.63) is 48.3 Å². The van der Waals surface area contributed by atoms with Crippen molar-refractivity contribution in [3.8, 4) is 11.5 Å². The molecule has 0 radical (unpaired) electrons. The molecule has 3 amide bonds. The number of amides is 3. The molecule has 162 valence electrons. The predicted molar refractivity (Wildman–Crippen MR) is 114 cm³/mol. The molecule has 5 rings (SSSR count). The average molecular weight is 422 g/mol. The van der Waals surface area contributed by atoms with E-state index in [1.807, 2.05) is 18.2 Å². The summed E-state index contributed by atoms with van der Waals surface area (Å²) in [4.78, 5) is 32.0. The van der Waals surface area contributed by atoms with Crippen LogP contribution in [0.5, 0.6) is 11.5 Å². The van der Waals surface area contributed by atoms with Gasteiger partial charge in [-0.25, -0.2) is 4.79 Å². The Morgan fingerprint density at radius 2 is 1.97 bits per heavy atom. The zero-order chi connectivity index (χ0) is 21.3. The smallest absolute Gasteiger partial charge is 0.321 e. The van der Waals surface area contributed by atoms with Gasteiger partial charge in [0.05, 0.1) is 18.2 Å². The number of hydrogen-bond acceptors (Lipinski definition) is 5. The summed E-state index contributed by atoms with van der Waals surface area (Å²) in [6.45, 7) is 2.44. The van der Waals surface area contributed by atoms with Gasteiger partial charge in [-0.15, -0.1) is 0 Å². The van der Waals surface area contributed by atoms with Gasteiger partial charge in [-0.3, -0.25) is 9.78 Å². The van der Waals surface area contributed by atoms with Crippen LogP contribution in [0.2, 0.25) is 0 Å². The molecule has 8 nitrogen and oxygen atoms in total. The molecular formula is C23H26N4O4. The van der Waals surface area contributed by atoms with Crippen LogP contribution < -0.4 is 20.1 Å². The molecule has 2 aliphatic heterocycles. The summed E-state index contributed by atoms with van der Waals surface area (Å²) in [6.07, 6.45) is 4.76. The highest BCUT2D eigenvalue weighted by atomic mass is 16.6. The lowest BCUT2D eigenvalue weighted by molar-refractivity contribution is -0.129. The zero-order valence-corrected chi connectivity index (χ0v) is 17.3. The second kappa shape index (κ2) is 8.09. The number of benzene rings is 1. The first-order valence-corrected chi connectivity index (χ1v) is 10.8. The number of carbonyl (C=O) groups excluding carboxylic acids is 2. The summed E-state index contributed by atoms with van der Waals surface area (Å²) < 4.78 is 11.1. The number of aromatic nitrogens is 1. The number of likely N-dealkylation sites (tertiary alicyclic amines) is 1. The summed E-state index contributed by atoms with van der Waals surface area (Å²) in [6, 6.07) is 10.8. The first-order chi connectivity index (χ1) is 15.1. The molecule has 1 saturated carbocycles. The van der Waals surface area contributed by atoms with E-state index in [0.717, 1.165) is 25.0 Å². The largest absolute Gasteiger partial charge is 0.486 e. The summed E-state index contributed by atoms with van der Waals surface area (Å²) in [5, 5.41) is 5.96. The van der Waals surface area contributed by atoms with Gasteiger partial charge >= 0.3 is 6.03 Å². The van der Waals surface area contributed by atoms with E-state index in [9.17, 15) is 9.59 Å². The molecule has 1 unspecified atom stereocenters. The number of carbonyl (C=O) groups is 2. The number of ether oxygens (including phenoxy) is 2. The topological polar surface area (TPSA) is 92.8 Å². The van der Waals surface area contributed by atoms with Crippen molar-refractivity contribution in [3.63, 3.8) is 0 Å². The molecule has 1 atom stereocenters. The van der Waals surface area contributed by atoms with Crippen molar-refractivity contribution in [2.24, 2.45) is 11.3 Å². The van der Waals surface area contributed by atoms with Crippen molar-refractivity contribution >= 4 is 17.6 Å².